The number of carbonyl (C=O) groups excluding carboxylic acids is 2. The molecule has 3 aromatic heterocycles. The predicted octanol–water partition coefficient (Wildman–Crippen LogP) is 5.79. The number of anilines is 1. The molecule has 0 spiro atoms. The maximum Gasteiger partial charge on any atom is 0.240 e. The van der Waals surface area contributed by atoms with E-state index < -0.39 is 0 Å². The van der Waals surface area contributed by atoms with E-state index in [9.17, 15) is 9.59 Å². The number of thioether (sulfide) groups is 1. The number of nitrogens with one attached hydrogen (secondary N) is 1. The minimum absolute atomic E-state index is 0.116. The fourth-order valence-corrected chi connectivity index (χ4v) is 7.00. The Hall–Kier alpha value is -4.21. The minimum atomic E-state index is -0.261. The van der Waals surface area contributed by atoms with Gasteiger partial charge in [-0.2, -0.15) is 5.10 Å². The second-order valence-electron chi connectivity index (χ2n) is 9.49. The second-order valence-corrected chi connectivity index (χ2v) is 11.6. The molecule has 9 heteroatoms. The summed E-state index contributed by atoms with van der Waals surface area (Å²) in [7, 11) is 0. The van der Waals surface area contributed by atoms with Crippen molar-refractivity contribution in [2.45, 2.75) is 18.7 Å². The Morgan fingerprint density at radius 2 is 1.88 bits per heavy atom. The van der Waals surface area contributed by atoms with Crippen LogP contribution in [-0.2, 0) is 16.1 Å². The molecule has 1 aliphatic rings. The highest BCUT2D eigenvalue weighted by atomic mass is 32.2. The van der Waals surface area contributed by atoms with Gasteiger partial charge < -0.3 is 5.32 Å². The predicted molar refractivity (Wildman–Crippen MR) is 161 cm³/mol. The highest BCUT2D eigenvalue weighted by molar-refractivity contribution is 8.00. The molecule has 0 bridgehead atoms. The molecule has 1 N–H and O–H groups in total. The van der Waals surface area contributed by atoms with Gasteiger partial charge in [-0.15, -0.1) is 23.1 Å². The number of carbonyl (C=O) groups is 2. The van der Waals surface area contributed by atoms with Gasteiger partial charge in [-0.1, -0.05) is 54.6 Å². The summed E-state index contributed by atoms with van der Waals surface area (Å²) in [6.07, 6.45) is 1.69. The van der Waals surface area contributed by atoms with Crippen molar-refractivity contribution < 1.29 is 9.59 Å². The van der Waals surface area contributed by atoms with Gasteiger partial charge in [0.2, 0.25) is 11.8 Å². The lowest BCUT2D eigenvalue weighted by atomic mass is 10.0. The molecule has 40 heavy (non-hydrogen) atoms. The summed E-state index contributed by atoms with van der Waals surface area (Å²) in [4.78, 5) is 34.1. The van der Waals surface area contributed by atoms with Crippen LogP contribution in [-0.4, -0.2) is 38.9 Å². The summed E-state index contributed by atoms with van der Waals surface area (Å²) in [5, 5.41) is 10.0. The van der Waals surface area contributed by atoms with Crippen LogP contribution in [0.25, 0.3) is 16.9 Å². The Balaban J connectivity index is 1.50. The van der Waals surface area contributed by atoms with Crippen LogP contribution in [0.2, 0.25) is 0 Å². The highest BCUT2D eigenvalue weighted by Crippen LogP contribution is 2.49. The van der Waals surface area contributed by atoms with Gasteiger partial charge in [-0.05, 0) is 48.2 Å². The van der Waals surface area contributed by atoms with Crippen molar-refractivity contribution in [2.75, 3.05) is 17.2 Å². The van der Waals surface area contributed by atoms with Crippen molar-refractivity contribution in [3.63, 3.8) is 0 Å². The molecule has 7 nitrogen and oxygen atoms in total. The van der Waals surface area contributed by atoms with Crippen molar-refractivity contribution in [1.29, 1.82) is 0 Å². The summed E-state index contributed by atoms with van der Waals surface area (Å²) in [6, 6.07) is 27.8. The third-order valence-electron chi connectivity index (χ3n) is 6.68. The number of hydrogen-bond acceptors (Lipinski definition) is 6. The number of aromatic nitrogens is 3. The fourth-order valence-electron chi connectivity index (χ4n) is 4.82. The smallest absolute Gasteiger partial charge is 0.240 e. The van der Waals surface area contributed by atoms with E-state index in [2.05, 4.69) is 21.7 Å². The third-order valence-corrected chi connectivity index (χ3v) is 9.00. The summed E-state index contributed by atoms with van der Waals surface area (Å²) in [6.45, 7) is 2.19. The second kappa shape index (κ2) is 11.5. The van der Waals surface area contributed by atoms with E-state index in [1.807, 2.05) is 90.5 Å². The molecule has 0 unspecified atom stereocenters. The monoisotopic (exact) mass is 565 g/mol. The van der Waals surface area contributed by atoms with Crippen molar-refractivity contribution in [2.24, 2.45) is 0 Å². The molecule has 0 fully saturated rings. The van der Waals surface area contributed by atoms with Crippen molar-refractivity contribution in [3.05, 3.63) is 118 Å². The van der Waals surface area contributed by atoms with Gasteiger partial charge in [0.15, 0.2) is 0 Å². The number of nitrogens with zero attached hydrogens (tertiary/aromatic N) is 4. The molecule has 5 aromatic rings. The first-order valence-electron chi connectivity index (χ1n) is 13.0. The number of pyridine rings is 1. The quantitative estimate of drug-likeness (QED) is 0.270. The standard InChI is InChI=1S/C31H27N5O2S2/c1-21-9-7-13-24(17-21)36-31-28(29(34-36)22-10-3-2-4-11-22)30(25-14-8-16-39-25)40-20-27(38)35(31)19-26(37)33-18-23-12-5-6-15-32-23/h2-17,30H,18-20H2,1H3,(H,33,37)/t30-/m0/s1. The van der Waals surface area contributed by atoms with Gasteiger partial charge in [-0.25, -0.2) is 4.68 Å². The Kier molecular flexibility index (Phi) is 7.48. The molecule has 0 saturated carbocycles. The third kappa shape index (κ3) is 5.30. The molecular formula is C31H27N5O2S2. The van der Waals surface area contributed by atoms with E-state index >= 15 is 0 Å². The van der Waals surface area contributed by atoms with Gasteiger partial charge >= 0.3 is 0 Å². The Bertz CT molecular complexity index is 1640. The van der Waals surface area contributed by atoms with Crippen LogP contribution in [0.1, 0.15) is 26.9 Å². The first-order valence-corrected chi connectivity index (χ1v) is 14.9. The van der Waals surface area contributed by atoms with Crippen LogP contribution < -0.4 is 10.2 Å². The van der Waals surface area contributed by atoms with Crippen molar-refractivity contribution >= 4 is 40.7 Å². The topological polar surface area (TPSA) is 80.1 Å². The summed E-state index contributed by atoms with van der Waals surface area (Å²) < 4.78 is 1.83. The lowest BCUT2D eigenvalue weighted by molar-refractivity contribution is -0.123. The average Bonchev–Trinajstić information content (AvgIpc) is 3.63. The zero-order chi connectivity index (χ0) is 27.5. The minimum Gasteiger partial charge on any atom is -0.349 e. The number of aryl methyl sites for hydroxylation is 1. The van der Waals surface area contributed by atoms with Crippen LogP contribution in [0.3, 0.4) is 0 Å². The number of rotatable bonds is 7. The Morgan fingerprint density at radius 1 is 1.02 bits per heavy atom. The molecule has 1 aliphatic heterocycles. The molecule has 1 atom stereocenters. The largest absolute Gasteiger partial charge is 0.349 e. The van der Waals surface area contributed by atoms with Gasteiger partial charge in [0, 0.05) is 22.2 Å². The molecule has 2 amide bonds. The molecule has 4 heterocycles. The van der Waals surface area contributed by atoms with Crippen molar-refractivity contribution in [3.8, 4) is 16.9 Å². The number of fused-ring (bicyclic) bond motifs is 1. The van der Waals surface area contributed by atoms with E-state index in [-0.39, 0.29) is 35.9 Å². The zero-order valence-electron chi connectivity index (χ0n) is 21.9. The number of benzene rings is 2. The van der Waals surface area contributed by atoms with Crippen LogP contribution in [0.15, 0.2) is 96.5 Å². The van der Waals surface area contributed by atoms with E-state index in [0.717, 1.165) is 38.6 Å². The number of amides is 2. The lowest BCUT2D eigenvalue weighted by Crippen LogP contribution is -2.42. The summed E-state index contributed by atoms with van der Waals surface area (Å²) in [5.74, 6) is 0.479. The Morgan fingerprint density at radius 3 is 2.62 bits per heavy atom. The zero-order valence-corrected chi connectivity index (χ0v) is 23.5. The highest BCUT2D eigenvalue weighted by Gasteiger charge is 2.38. The van der Waals surface area contributed by atoms with Crippen LogP contribution in [0.5, 0.6) is 0 Å². The van der Waals surface area contributed by atoms with Gasteiger partial charge in [0.1, 0.15) is 12.4 Å². The molecule has 200 valence electrons. The summed E-state index contributed by atoms with van der Waals surface area (Å²) >= 11 is 3.24. The Labute approximate surface area is 240 Å². The van der Waals surface area contributed by atoms with Crippen LogP contribution in [0, 0.1) is 6.92 Å². The molecule has 0 aliphatic carbocycles. The first-order chi connectivity index (χ1) is 19.6. The summed E-state index contributed by atoms with van der Waals surface area (Å²) in [5.41, 5.74) is 5.36. The van der Waals surface area contributed by atoms with E-state index in [1.165, 1.54) is 0 Å². The number of thiophene rings is 1. The maximum absolute atomic E-state index is 13.8. The van der Waals surface area contributed by atoms with Gasteiger partial charge in [0.25, 0.3) is 0 Å². The maximum atomic E-state index is 13.8. The van der Waals surface area contributed by atoms with E-state index in [0.29, 0.717) is 5.82 Å². The van der Waals surface area contributed by atoms with Crippen LogP contribution >= 0.6 is 23.1 Å². The average molecular weight is 566 g/mol. The molecule has 0 saturated heterocycles. The lowest BCUT2D eigenvalue weighted by Gasteiger charge is -2.23. The molecular weight excluding hydrogens is 539 g/mol. The van der Waals surface area contributed by atoms with E-state index in [4.69, 9.17) is 5.10 Å². The van der Waals surface area contributed by atoms with Gasteiger partial charge in [-0.3, -0.25) is 19.5 Å². The SMILES string of the molecule is Cc1cccc(-n2nc(-c3ccccc3)c3c2N(CC(=O)NCc2ccccn2)C(=O)CS[C@H]3c2cccs2)c1. The molecule has 6 rings (SSSR count). The number of hydrogen-bond donors (Lipinski definition) is 1. The normalized spacial score (nSPS) is 15.0. The first kappa shape index (κ1) is 26.0. The fraction of sp³-hybridized carbons (Fsp3) is 0.161. The molecule has 2 aromatic carbocycles. The molecule has 0 radical (unpaired) electrons. The van der Waals surface area contributed by atoms with Gasteiger partial charge in [0.05, 0.1) is 34.6 Å². The van der Waals surface area contributed by atoms with Crippen LogP contribution in [0.4, 0.5) is 5.82 Å². The van der Waals surface area contributed by atoms with Crippen molar-refractivity contribution in [1.82, 2.24) is 20.1 Å². The van der Waals surface area contributed by atoms with E-state index in [1.54, 1.807) is 34.2 Å².